The summed E-state index contributed by atoms with van der Waals surface area (Å²) in [6.07, 6.45) is -22.8. The average molecular weight is 525 g/mol. The molecule has 0 fully saturated rings. The van der Waals surface area contributed by atoms with Crippen LogP contribution in [0.4, 0.5) is 52.7 Å². The molecule has 2 aromatic rings. The van der Waals surface area contributed by atoms with E-state index in [1.807, 2.05) is 0 Å². The SMILES string of the molecule is FC(F)(F)c1cccc([Si](Cl)(Cl)c2cccc(C(F)(F)F)c2C(F)(F)F)c1C(F)(F)F. The third-order valence-electron chi connectivity index (χ3n) is 3.98. The fraction of sp³-hybridized carbons (Fsp3) is 0.250. The summed E-state index contributed by atoms with van der Waals surface area (Å²) in [5.74, 6) is 0. The van der Waals surface area contributed by atoms with Gasteiger partial charge >= 0.3 is 31.4 Å². The Balaban J connectivity index is 3.00. The molecule has 0 aliphatic rings. The first-order valence-corrected chi connectivity index (χ1v) is 11.7. The summed E-state index contributed by atoms with van der Waals surface area (Å²) in [7, 11) is 0. The zero-order chi connectivity index (χ0) is 24.2. The molecule has 0 atom stereocenters. The standard InChI is InChI=1S/C16H6Cl2F12Si/c17-31(18,9-5-1-3-7(13(19,20)21)11(9)15(25,26)27)10-6-2-4-8(14(22,23)24)12(10)16(28,29)30/h1-6H. The van der Waals surface area contributed by atoms with Crippen LogP contribution in [0.2, 0.25) is 0 Å². The van der Waals surface area contributed by atoms with Gasteiger partial charge in [-0.2, -0.15) is 52.7 Å². The molecule has 0 aromatic heterocycles. The molecule has 0 aliphatic carbocycles. The van der Waals surface area contributed by atoms with Gasteiger partial charge in [0.05, 0.1) is 22.3 Å². The second kappa shape index (κ2) is 7.76. The van der Waals surface area contributed by atoms with Gasteiger partial charge in [0.2, 0.25) is 0 Å². The maximum absolute atomic E-state index is 13.5. The molecular weight excluding hydrogens is 519 g/mol. The molecule has 0 saturated heterocycles. The predicted octanol–water partition coefficient (Wildman–Crippen LogP) is 6.80. The molecule has 172 valence electrons. The molecule has 31 heavy (non-hydrogen) atoms. The van der Waals surface area contributed by atoms with E-state index in [1.165, 1.54) is 0 Å². The van der Waals surface area contributed by atoms with Gasteiger partial charge in [0, 0.05) is 0 Å². The van der Waals surface area contributed by atoms with E-state index >= 15 is 0 Å². The lowest BCUT2D eigenvalue weighted by molar-refractivity contribution is -0.161. The number of hydrogen-bond donors (Lipinski definition) is 0. The van der Waals surface area contributed by atoms with Gasteiger partial charge in [0.25, 0.3) is 0 Å². The average Bonchev–Trinajstić information content (AvgIpc) is 2.57. The highest BCUT2D eigenvalue weighted by Crippen LogP contribution is 2.43. The van der Waals surface area contributed by atoms with Crippen LogP contribution in [0.15, 0.2) is 36.4 Å². The van der Waals surface area contributed by atoms with E-state index in [1.54, 1.807) is 0 Å². The van der Waals surface area contributed by atoms with E-state index in [2.05, 4.69) is 0 Å². The monoisotopic (exact) mass is 524 g/mol. The second-order valence-corrected chi connectivity index (χ2v) is 12.2. The van der Waals surface area contributed by atoms with Gasteiger partial charge in [-0.15, -0.1) is 22.2 Å². The largest absolute Gasteiger partial charge is 0.417 e. The first-order valence-electron chi connectivity index (χ1n) is 7.63. The number of benzene rings is 2. The maximum Gasteiger partial charge on any atom is 0.417 e. The number of halogens is 14. The maximum atomic E-state index is 13.5. The van der Waals surface area contributed by atoms with Gasteiger partial charge in [-0.05, 0) is 22.5 Å². The van der Waals surface area contributed by atoms with Gasteiger partial charge in [0.15, 0.2) is 0 Å². The van der Waals surface area contributed by atoms with Crippen LogP contribution in [0.3, 0.4) is 0 Å². The number of rotatable bonds is 2. The van der Waals surface area contributed by atoms with Crippen molar-refractivity contribution in [2.24, 2.45) is 0 Å². The smallest absolute Gasteiger partial charge is 0.166 e. The molecule has 0 N–H and O–H groups in total. The molecule has 0 spiro atoms. The lowest BCUT2D eigenvalue weighted by atomic mass is 10.1. The van der Waals surface area contributed by atoms with Crippen molar-refractivity contribution in [1.82, 2.24) is 0 Å². The van der Waals surface area contributed by atoms with Gasteiger partial charge in [-0.3, -0.25) is 0 Å². The Kier molecular flexibility index (Phi) is 6.43. The summed E-state index contributed by atoms with van der Waals surface area (Å²) in [4.78, 5) is 0. The topological polar surface area (TPSA) is 0 Å². The van der Waals surface area contributed by atoms with Crippen molar-refractivity contribution in [2.75, 3.05) is 0 Å². The molecule has 2 aromatic carbocycles. The van der Waals surface area contributed by atoms with E-state index in [0.717, 1.165) is 0 Å². The quantitative estimate of drug-likeness (QED) is 0.230. The number of hydrogen-bond acceptors (Lipinski definition) is 0. The minimum Gasteiger partial charge on any atom is -0.166 e. The first kappa shape index (κ1) is 25.7. The van der Waals surface area contributed by atoms with E-state index in [9.17, 15) is 52.7 Å². The van der Waals surface area contributed by atoms with E-state index < -0.39 is 64.0 Å². The van der Waals surface area contributed by atoms with Crippen LogP contribution < -0.4 is 10.4 Å². The highest BCUT2D eigenvalue weighted by atomic mass is 35.7. The molecule has 0 bridgehead atoms. The van der Waals surface area contributed by atoms with Crippen molar-refractivity contribution in [3.63, 3.8) is 0 Å². The Morgan fingerprint density at radius 2 is 0.774 bits per heavy atom. The Morgan fingerprint density at radius 1 is 0.484 bits per heavy atom. The Hall–Kier alpha value is -1.60. The normalized spacial score (nSPS) is 14.1. The summed E-state index contributed by atoms with van der Waals surface area (Å²) in [5.41, 5.74) is -9.53. The van der Waals surface area contributed by atoms with Gasteiger partial charge in [-0.1, -0.05) is 24.3 Å². The third kappa shape index (κ3) is 5.08. The fourth-order valence-corrected chi connectivity index (χ4v) is 6.83. The van der Waals surface area contributed by atoms with E-state index in [4.69, 9.17) is 22.2 Å². The fourth-order valence-electron chi connectivity index (χ4n) is 2.86. The van der Waals surface area contributed by atoms with Crippen molar-refractivity contribution in [2.45, 2.75) is 24.7 Å². The molecule has 0 aliphatic heterocycles. The van der Waals surface area contributed by atoms with Gasteiger partial charge in [-0.25, -0.2) is 0 Å². The van der Waals surface area contributed by atoms with E-state index in [-0.39, 0.29) is 12.1 Å². The lowest BCUT2D eigenvalue weighted by Gasteiger charge is -2.28. The van der Waals surface area contributed by atoms with Crippen molar-refractivity contribution < 1.29 is 52.7 Å². The molecule has 0 saturated carbocycles. The zero-order valence-electron chi connectivity index (χ0n) is 14.3. The van der Waals surface area contributed by atoms with Crippen LogP contribution in [-0.4, -0.2) is 6.69 Å². The van der Waals surface area contributed by atoms with Crippen molar-refractivity contribution in [1.29, 1.82) is 0 Å². The molecule has 0 nitrogen and oxygen atoms in total. The minimum absolute atomic E-state index is 0.00138. The molecule has 15 heteroatoms. The molecule has 0 amide bonds. The lowest BCUT2D eigenvalue weighted by Crippen LogP contribution is -2.54. The van der Waals surface area contributed by atoms with E-state index in [0.29, 0.717) is 24.3 Å². The van der Waals surface area contributed by atoms with Crippen LogP contribution in [0.5, 0.6) is 0 Å². The Bertz CT molecular complexity index is 893. The Labute approximate surface area is 175 Å². The summed E-state index contributed by atoms with van der Waals surface area (Å²) in [6, 6.07) is 1.46. The third-order valence-corrected chi connectivity index (χ3v) is 8.61. The van der Waals surface area contributed by atoms with Crippen LogP contribution in [0.1, 0.15) is 22.3 Å². The van der Waals surface area contributed by atoms with Crippen LogP contribution >= 0.6 is 22.2 Å². The summed E-state index contributed by atoms with van der Waals surface area (Å²) in [6.45, 7) is -5.48. The Morgan fingerprint density at radius 3 is 1.00 bits per heavy atom. The molecule has 0 heterocycles. The molecule has 2 rings (SSSR count). The minimum atomic E-state index is -5.79. The first-order chi connectivity index (χ1) is 13.7. The van der Waals surface area contributed by atoms with Crippen LogP contribution in [-0.2, 0) is 24.7 Å². The van der Waals surface area contributed by atoms with Crippen molar-refractivity contribution in [3.8, 4) is 0 Å². The van der Waals surface area contributed by atoms with Gasteiger partial charge < -0.3 is 0 Å². The number of alkyl halides is 12. The highest BCUT2D eigenvalue weighted by molar-refractivity contribution is 7.56. The second-order valence-electron chi connectivity index (χ2n) is 6.02. The van der Waals surface area contributed by atoms with Gasteiger partial charge in [0.1, 0.15) is 0 Å². The van der Waals surface area contributed by atoms with Crippen LogP contribution in [0.25, 0.3) is 0 Å². The van der Waals surface area contributed by atoms with Crippen LogP contribution in [0, 0.1) is 0 Å². The predicted molar refractivity (Wildman–Crippen MR) is 89.6 cm³/mol. The summed E-state index contributed by atoms with van der Waals surface area (Å²) >= 11 is 11.6. The summed E-state index contributed by atoms with van der Waals surface area (Å²) < 4.78 is 160. The molecule has 0 radical (unpaired) electrons. The van der Waals surface area contributed by atoms with Crippen molar-refractivity contribution >= 4 is 39.2 Å². The molecule has 0 unspecified atom stereocenters. The van der Waals surface area contributed by atoms with Crippen molar-refractivity contribution in [3.05, 3.63) is 58.7 Å². The molecular formula is C16H6Cl2F12Si. The summed E-state index contributed by atoms with van der Waals surface area (Å²) in [5, 5.41) is -3.16. The highest BCUT2D eigenvalue weighted by Gasteiger charge is 2.53. The zero-order valence-corrected chi connectivity index (χ0v) is 16.8.